The molecule has 8 heteroatoms. The average molecular weight is 296 g/mol. The maximum absolute atomic E-state index is 12.2. The van der Waals surface area contributed by atoms with Gasteiger partial charge >= 0.3 is 12.2 Å². The van der Waals surface area contributed by atoms with Crippen LogP contribution in [0.4, 0.5) is 9.59 Å². The molecule has 0 aromatic carbocycles. The Hall–Kier alpha value is -2.25. The zero-order valence-corrected chi connectivity index (χ0v) is 12.6. The summed E-state index contributed by atoms with van der Waals surface area (Å²) in [6.07, 6.45) is 1.86. The zero-order chi connectivity index (χ0) is 15.8. The van der Waals surface area contributed by atoms with Crippen molar-refractivity contribution in [2.75, 3.05) is 13.7 Å². The van der Waals surface area contributed by atoms with Crippen molar-refractivity contribution in [3.63, 3.8) is 0 Å². The molecule has 2 rings (SSSR count). The number of carbonyl (C=O) groups is 2. The van der Waals surface area contributed by atoms with E-state index >= 15 is 0 Å². The molecule has 0 spiro atoms. The van der Waals surface area contributed by atoms with Crippen molar-refractivity contribution >= 4 is 18.1 Å². The molecule has 0 fully saturated rings. The Morgan fingerprint density at radius 1 is 1.38 bits per heavy atom. The first-order valence-electron chi connectivity index (χ1n) is 6.61. The quantitative estimate of drug-likeness (QED) is 0.669. The van der Waals surface area contributed by atoms with Crippen molar-refractivity contribution in [3.05, 3.63) is 12.2 Å². The van der Waals surface area contributed by atoms with Crippen LogP contribution in [0.1, 0.15) is 20.8 Å². The van der Waals surface area contributed by atoms with Gasteiger partial charge in [0.15, 0.2) is 6.17 Å². The molecular weight excluding hydrogens is 276 g/mol. The molecular formula is C13H20N4O4. The smallest absolute Gasteiger partial charge is 0.417 e. The number of nitrogens with two attached hydrogens (primary N) is 1. The normalized spacial score (nSPS) is 24.5. The van der Waals surface area contributed by atoms with E-state index in [9.17, 15) is 9.59 Å². The number of carbonyl (C=O) groups excluding carboxylic acids is 2. The van der Waals surface area contributed by atoms with E-state index in [1.54, 1.807) is 32.9 Å². The SMILES string of the molecule is COC(=O)N1CC=CC2C1N=C(N)N2C(=O)OC(C)(C)C. The lowest BCUT2D eigenvalue weighted by atomic mass is 10.1. The first-order chi connectivity index (χ1) is 9.74. The Kier molecular flexibility index (Phi) is 3.80. The highest BCUT2D eigenvalue weighted by Gasteiger charge is 2.45. The maximum atomic E-state index is 12.2. The second-order valence-electron chi connectivity index (χ2n) is 5.79. The van der Waals surface area contributed by atoms with E-state index in [0.29, 0.717) is 6.54 Å². The Bertz CT molecular complexity index is 509. The number of aliphatic imine (C=N–C) groups is 1. The summed E-state index contributed by atoms with van der Waals surface area (Å²) in [6, 6.07) is -0.479. The number of fused-ring (bicyclic) bond motifs is 1. The van der Waals surface area contributed by atoms with Crippen LogP contribution >= 0.6 is 0 Å². The summed E-state index contributed by atoms with van der Waals surface area (Å²) < 4.78 is 10.0. The third kappa shape index (κ3) is 2.93. The van der Waals surface area contributed by atoms with Crippen LogP contribution in [0.2, 0.25) is 0 Å². The molecule has 8 nitrogen and oxygen atoms in total. The van der Waals surface area contributed by atoms with Gasteiger partial charge in [-0.3, -0.25) is 4.90 Å². The topological polar surface area (TPSA) is 97.5 Å². The lowest BCUT2D eigenvalue weighted by Gasteiger charge is -2.34. The minimum absolute atomic E-state index is 0.0275. The van der Waals surface area contributed by atoms with E-state index in [-0.39, 0.29) is 5.96 Å². The molecule has 0 radical (unpaired) electrons. The van der Waals surface area contributed by atoms with E-state index in [1.165, 1.54) is 16.9 Å². The van der Waals surface area contributed by atoms with Crippen LogP contribution < -0.4 is 5.73 Å². The van der Waals surface area contributed by atoms with Gasteiger partial charge in [0.25, 0.3) is 0 Å². The number of methoxy groups -OCH3 is 1. The van der Waals surface area contributed by atoms with Gasteiger partial charge in [0.05, 0.1) is 7.11 Å². The molecule has 2 N–H and O–H groups in total. The Morgan fingerprint density at radius 3 is 2.62 bits per heavy atom. The average Bonchev–Trinajstić information content (AvgIpc) is 2.71. The summed E-state index contributed by atoms with van der Waals surface area (Å²) >= 11 is 0. The van der Waals surface area contributed by atoms with Crippen molar-refractivity contribution in [2.45, 2.75) is 38.6 Å². The van der Waals surface area contributed by atoms with Gasteiger partial charge in [0.1, 0.15) is 11.6 Å². The number of rotatable bonds is 0. The fraction of sp³-hybridized carbons (Fsp3) is 0.615. The summed E-state index contributed by atoms with van der Waals surface area (Å²) in [5.41, 5.74) is 5.18. The lowest BCUT2D eigenvalue weighted by Crippen LogP contribution is -2.54. The molecule has 0 saturated carbocycles. The van der Waals surface area contributed by atoms with Gasteiger partial charge in [-0.2, -0.15) is 0 Å². The van der Waals surface area contributed by atoms with Crippen molar-refractivity contribution in [1.82, 2.24) is 9.80 Å². The molecule has 2 atom stereocenters. The molecule has 2 amide bonds. The summed E-state index contributed by atoms with van der Waals surface area (Å²) in [7, 11) is 1.29. The second-order valence-corrected chi connectivity index (χ2v) is 5.79. The third-order valence-corrected chi connectivity index (χ3v) is 3.07. The van der Waals surface area contributed by atoms with Gasteiger partial charge in [-0.25, -0.2) is 19.5 Å². The van der Waals surface area contributed by atoms with Crippen LogP contribution in [0.25, 0.3) is 0 Å². The van der Waals surface area contributed by atoms with E-state index < -0.39 is 30.0 Å². The third-order valence-electron chi connectivity index (χ3n) is 3.07. The summed E-state index contributed by atoms with van der Waals surface area (Å²) in [5.74, 6) is 0.0275. The van der Waals surface area contributed by atoms with Crippen molar-refractivity contribution < 1.29 is 19.1 Å². The van der Waals surface area contributed by atoms with Crippen LogP contribution in [-0.2, 0) is 9.47 Å². The van der Waals surface area contributed by atoms with Crippen molar-refractivity contribution in [1.29, 1.82) is 0 Å². The van der Waals surface area contributed by atoms with Gasteiger partial charge in [-0.05, 0) is 20.8 Å². The molecule has 2 heterocycles. The number of hydrogen-bond acceptors (Lipinski definition) is 6. The summed E-state index contributed by atoms with van der Waals surface area (Å²) in [6.45, 7) is 5.66. The first kappa shape index (κ1) is 15.1. The molecule has 0 aromatic rings. The van der Waals surface area contributed by atoms with Crippen LogP contribution in [-0.4, -0.2) is 59.4 Å². The van der Waals surface area contributed by atoms with Gasteiger partial charge in [-0.15, -0.1) is 0 Å². The van der Waals surface area contributed by atoms with Crippen molar-refractivity contribution in [2.24, 2.45) is 10.7 Å². The highest BCUT2D eigenvalue weighted by atomic mass is 16.6. The van der Waals surface area contributed by atoms with E-state index in [2.05, 4.69) is 4.99 Å². The highest BCUT2D eigenvalue weighted by Crippen LogP contribution is 2.26. The van der Waals surface area contributed by atoms with Crippen LogP contribution in [0.15, 0.2) is 17.1 Å². The zero-order valence-electron chi connectivity index (χ0n) is 12.6. The first-order valence-corrected chi connectivity index (χ1v) is 6.61. The Labute approximate surface area is 123 Å². The minimum Gasteiger partial charge on any atom is -0.453 e. The molecule has 2 aliphatic heterocycles. The van der Waals surface area contributed by atoms with Crippen molar-refractivity contribution in [3.8, 4) is 0 Å². The lowest BCUT2D eigenvalue weighted by molar-refractivity contribution is 0.0293. The standard InChI is InChI=1S/C13H20N4O4/c1-13(2,3)21-12(19)17-8-6-5-7-16(11(18)20-4)9(8)15-10(17)14/h5-6,8-9H,7H2,1-4H3,(H2,14,15). The predicted octanol–water partition coefficient (Wildman–Crippen LogP) is 0.885. The number of guanidine groups is 1. The van der Waals surface area contributed by atoms with Gasteiger partial charge < -0.3 is 15.2 Å². The fourth-order valence-corrected chi connectivity index (χ4v) is 2.25. The monoisotopic (exact) mass is 296 g/mol. The molecule has 21 heavy (non-hydrogen) atoms. The van der Waals surface area contributed by atoms with Gasteiger partial charge in [-0.1, -0.05) is 12.2 Å². The number of hydrogen-bond donors (Lipinski definition) is 1. The van der Waals surface area contributed by atoms with Crippen LogP contribution in [0.3, 0.4) is 0 Å². The Balaban J connectivity index is 2.22. The van der Waals surface area contributed by atoms with E-state index in [0.717, 1.165) is 0 Å². The van der Waals surface area contributed by atoms with Crippen LogP contribution in [0, 0.1) is 0 Å². The molecule has 2 aliphatic rings. The molecule has 0 saturated heterocycles. The molecule has 2 unspecified atom stereocenters. The number of ether oxygens (including phenoxy) is 2. The maximum Gasteiger partial charge on any atom is 0.417 e. The van der Waals surface area contributed by atoms with Crippen LogP contribution in [0.5, 0.6) is 0 Å². The van der Waals surface area contributed by atoms with Gasteiger partial charge in [0.2, 0.25) is 5.96 Å². The second kappa shape index (κ2) is 5.27. The summed E-state index contributed by atoms with van der Waals surface area (Å²) in [5, 5.41) is 0. The van der Waals surface area contributed by atoms with E-state index in [1.807, 2.05) is 0 Å². The molecule has 0 bridgehead atoms. The fourth-order valence-electron chi connectivity index (χ4n) is 2.25. The largest absolute Gasteiger partial charge is 0.453 e. The minimum atomic E-state index is -0.643. The van der Waals surface area contributed by atoms with E-state index in [4.69, 9.17) is 15.2 Å². The number of nitrogens with zero attached hydrogens (tertiary/aromatic N) is 3. The molecule has 0 aliphatic carbocycles. The molecule has 116 valence electrons. The predicted molar refractivity (Wildman–Crippen MR) is 75.5 cm³/mol. The molecule has 0 aromatic heterocycles. The number of amides is 2. The highest BCUT2D eigenvalue weighted by molar-refractivity contribution is 5.96. The Morgan fingerprint density at radius 2 is 2.05 bits per heavy atom. The summed E-state index contributed by atoms with van der Waals surface area (Å²) in [4.78, 5) is 30.8. The van der Waals surface area contributed by atoms with Gasteiger partial charge in [0, 0.05) is 6.54 Å².